The summed E-state index contributed by atoms with van der Waals surface area (Å²) in [6.07, 6.45) is 1.49. The smallest absolute Gasteiger partial charge is 0.287 e. The van der Waals surface area contributed by atoms with Crippen LogP contribution in [-0.4, -0.2) is 13.0 Å². The van der Waals surface area contributed by atoms with Gasteiger partial charge < -0.3 is 14.5 Å². The molecule has 1 aromatic carbocycles. The van der Waals surface area contributed by atoms with E-state index in [0.29, 0.717) is 18.2 Å². The van der Waals surface area contributed by atoms with Crippen LogP contribution >= 0.6 is 0 Å². The van der Waals surface area contributed by atoms with Gasteiger partial charge in [-0.05, 0) is 53.8 Å². The molecule has 0 saturated heterocycles. The minimum atomic E-state index is -0.207. The van der Waals surface area contributed by atoms with Crippen LogP contribution < -0.4 is 10.1 Å². The van der Waals surface area contributed by atoms with Crippen molar-refractivity contribution in [3.8, 4) is 5.75 Å². The van der Waals surface area contributed by atoms with Gasteiger partial charge in [0.05, 0.1) is 13.4 Å². The van der Waals surface area contributed by atoms with E-state index in [0.717, 1.165) is 22.4 Å². The highest BCUT2D eigenvalue weighted by Gasteiger charge is 2.13. The van der Waals surface area contributed by atoms with Crippen LogP contribution in [0.25, 0.3) is 0 Å². The van der Waals surface area contributed by atoms with Gasteiger partial charge in [0.15, 0.2) is 5.76 Å². The molecular formula is C17H21NO3. The SMILES string of the molecule is COc1cc(C)c(CNC(=O)c2ccco2)cc1C(C)C. The lowest BCUT2D eigenvalue weighted by atomic mass is 9.96. The summed E-state index contributed by atoms with van der Waals surface area (Å²) in [6, 6.07) is 7.46. The van der Waals surface area contributed by atoms with E-state index in [9.17, 15) is 4.79 Å². The molecule has 1 N–H and O–H groups in total. The predicted molar refractivity (Wildman–Crippen MR) is 81.7 cm³/mol. The highest BCUT2D eigenvalue weighted by molar-refractivity contribution is 5.91. The second-order valence-corrected chi connectivity index (χ2v) is 5.34. The summed E-state index contributed by atoms with van der Waals surface area (Å²) in [5, 5.41) is 2.87. The summed E-state index contributed by atoms with van der Waals surface area (Å²) >= 11 is 0. The molecular weight excluding hydrogens is 266 g/mol. The molecule has 1 amide bonds. The van der Waals surface area contributed by atoms with Crippen LogP contribution in [0.4, 0.5) is 0 Å². The number of benzene rings is 1. The minimum absolute atomic E-state index is 0.207. The van der Waals surface area contributed by atoms with Gasteiger partial charge in [-0.3, -0.25) is 4.79 Å². The fraction of sp³-hybridized carbons (Fsp3) is 0.353. The number of aryl methyl sites for hydroxylation is 1. The van der Waals surface area contributed by atoms with Crippen molar-refractivity contribution in [2.75, 3.05) is 7.11 Å². The Labute approximate surface area is 125 Å². The zero-order valence-corrected chi connectivity index (χ0v) is 12.9. The molecule has 4 nitrogen and oxygen atoms in total. The van der Waals surface area contributed by atoms with E-state index in [-0.39, 0.29) is 5.91 Å². The van der Waals surface area contributed by atoms with Crippen LogP contribution in [0.15, 0.2) is 34.9 Å². The van der Waals surface area contributed by atoms with E-state index in [2.05, 4.69) is 25.2 Å². The third-order valence-corrected chi connectivity index (χ3v) is 3.49. The highest BCUT2D eigenvalue weighted by Crippen LogP contribution is 2.29. The van der Waals surface area contributed by atoms with Crippen LogP contribution in [0, 0.1) is 6.92 Å². The average molecular weight is 287 g/mol. The van der Waals surface area contributed by atoms with E-state index < -0.39 is 0 Å². The van der Waals surface area contributed by atoms with E-state index in [4.69, 9.17) is 9.15 Å². The second-order valence-electron chi connectivity index (χ2n) is 5.34. The van der Waals surface area contributed by atoms with Gasteiger partial charge in [0, 0.05) is 6.54 Å². The summed E-state index contributed by atoms with van der Waals surface area (Å²) in [5.74, 6) is 1.37. The molecule has 0 aliphatic rings. The summed E-state index contributed by atoms with van der Waals surface area (Å²) in [5.41, 5.74) is 3.32. The summed E-state index contributed by atoms with van der Waals surface area (Å²) < 4.78 is 10.5. The summed E-state index contributed by atoms with van der Waals surface area (Å²) in [7, 11) is 1.68. The molecule has 112 valence electrons. The molecule has 0 fully saturated rings. The maximum Gasteiger partial charge on any atom is 0.287 e. The van der Waals surface area contributed by atoms with E-state index in [1.807, 2.05) is 13.0 Å². The highest BCUT2D eigenvalue weighted by atomic mass is 16.5. The Kier molecular flexibility index (Phi) is 4.68. The van der Waals surface area contributed by atoms with Crippen molar-refractivity contribution in [1.82, 2.24) is 5.32 Å². The van der Waals surface area contributed by atoms with Crippen LogP contribution in [-0.2, 0) is 6.54 Å². The zero-order valence-electron chi connectivity index (χ0n) is 12.9. The number of methoxy groups -OCH3 is 1. The lowest BCUT2D eigenvalue weighted by molar-refractivity contribution is 0.0923. The standard InChI is InChI=1S/C17H21NO3/c1-11(2)14-9-13(12(3)8-16(14)20-4)10-18-17(19)15-6-5-7-21-15/h5-9,11H,10H2,1-4H3,(H,18,19). The zero-order chi connectivity index (χ0) is 15.4. The van der Waals surface area contributed by atoms with Gasteiger partial charge in [-0.25, -0.2) is 0 Å². The van der Waals surface area contributed by atoms with Crippen LogP contribution in [0.3, 0.4) is 0 Å². The molecule has 0 bridgehead atoms. The van der Waals surface area contributed by atoms with E-state index in [1.165, 1.54) is 6.26 Å². The molecule has 0 aliphatic carbocycles. The third-order valence-electron chi connectivity index (χ3n) is 3.49. The Morgan fingerprint density at radius 2 is 2.14 bits per heavy atom. The fourth-order valence-corrected chi connectivity index (χ4v) is 2.23. The first kappa shape index (κ1) is 15.2. The molecule has 0 atom stereocenters. The van der Waals surface area contributed by atoms with E-state index in [1.54, 1.807) is 19.2 Å². The normalized spacial score (nSPS) is 10.7. The second kappa shape index (κ2) is 6.48. The van der Waals surface area contributed by atoms with Crippen molar-refractivity contribution in [2.45, 2.75) is 33.2 Å². The van der Waals surface area contributed by atoms with Gasteiger partial charge in [-0.2, -0.15) is 0 Å². The van der Waals surface area contributed by atoms with Crippen molar-refractivity contribution in [3.05, 3.63) is 53.0 Å². The molecule has 0 saturated carbocycles. The lowest BCUT2D eigenvalue weighted by Gasteiger charge is -2.16. The third kappa shape index (κ3) is 3.45. The maximum atomic E-state index is 11.9. The Morgan fingerprint density at radius 3 is 2.71 bits per heavy atom. The molecule has 0 aliphatic heterocycles. The Hall–Kier alpha value is -2.23. The van der Waals surface area contributed by atoms with Crippen LogP contribution in [0.5, 0.6) is 5.75 Å². The number of nitrogens with one attached hydrogen (secondary N) is 1. The number of carbonyl (C=O) groups excluding carboxylic acids is 1. The molecule has 2 rings (SSSR count). The number of amides is 1. The predicted octanol–water partition coefficient (Wildman–Crippen LogP) is 3.65. The number of ether oxygens (including phenoxy) is 1. The molecule has 0 spiro atoms. The Balaban J connectivity index is 2.16. The van der Waals surface area contributed by atoms with Gasteiger partial charge in [-0.15, -0.1) is 0 Å². The number of carbonyl (C=O) groups is 1. The summed E-state index contributed by atoms with van der Waals surface area (Å²) in [4.78, 5) is 11.9. The first-order valence-corrected chi connectivity index (χ1v) is 7.02. The van der Waals surface area contributed by atoms with Crippen LogP contribution in [0.1, 0.15) is 47.0 Å². The Morgan fingerprint density at radius 1 is 1.38 bits per heavy atom. The van der Waals surface area contributed by atoms with Crippen molar-refractivity contribution >= 4 is 5.91 Å². The number of furan rings is 1. The van der Waals surface area contributed by atoms with Gasteiger partial charge in [-0.1, -0.05) is 13.8 Å². The number of rotatable bonds is 5. The molecule has 0 unspecified atom stereocenters. The van der Waals surface area contributed by atoms with Gasteiger partial charge in [0.2, 0.25) is 0 Å². The largest absolute Gasteiger partial charge is 0.496 e. The molecule has 1 aromatic heterocycles. The molecule has 4 heteroatoms. The minimum Gasteiger partial charge on any atom is -0.496 e. The number of hydrogen-bond acceptors (Lipinski definition) is 3. The molecule has 21 heavy (non-hydrogen) atoms. The maximum absolute atomic E-state index is 11.9. The van der Waals surface area contributed by atoms with Crippen molar-refractivity contribution < 1.29 is 13.9 Å². The number of hydrogen-bond donors (Lipinski definition) is 1. The molecule has 1 heterocycles. The van der Waals surface area contributed by atoms with Gasteiger partial charge >= 0.3 is 0 Å². The van der Waals surface area contributed by atoms with Crippen molar-refractivity contribution in [1.29, 1.82) is 0 Å². The summed E-state index contributed by atoms with van der Waals surface area (Å²) in [6.45, 7) is 6.73. The first-order chi connectivity index (χ1) is 10.0. The van der Waals surface area contributed by atoms with Gasteiger partial charge in [0.25, 0.3) is 5.91 Å². The van der Waals surface area contributed by atoms with E-state index >= 15 is 0 Å². The van der Waals surface area contributed by atoms with Gasteiger partial charge in [0.1, 0.15) is 5.75 Å². The van der Waals surface area contributed by atoms with Crippen molar-refractivity contribution in [2.24, 2.45) is 0 Å². The molecule has 2 aromatic rings. The quantitative estimate of drug-likeness (QED) is 0.913. The van der Waals surface area contributed by atoms with Crippen LogP contribution in [0.2, 0.25) is 0 Å². The fourth-order valence-electron chi connectivity index (χ4n) is 2.23. The monoisotopic (exact) mass is 287 g/mol. The first-order valence-electron chi connectivity index (χ1n) is 7.02. The molecule has 0 radical (unpaired) electrons. The lowest BCUT2D eigenvalue weighted by Crippen LogP contribution is -2.22. The topological polar surface area (TPSA) is 51.5 Å². The Bertz CT molecular complexity index is 615. The average Bonchev–Trinajstić information content (AvgIpc) is 2.99. The van der Waals surface area contributed by atoms with Crippen molar-refractivity contribution in [3.63, 3.8) is 0 Å².